The van der Waals surface area contributed by atoms with Crippen molar-refractivity contribution in [2.45, 2.75) is 0 Å². The maximum Gasteiger partial charge on any atom is 0.358 e. The summed E-state index contributed by atoms with van der Waals surface area (Å²) in [4.78, 5) is 15.6. The Hall–Kier alpha value is -2.34. The molecule has 5 nitrogen and oxygen atoms in total. The molecule has 7 heteroatoms. The van der Waals surface area contributed by atoms with Crippen molar-refractivity contribution >= 4 is 28.9 Å². The van der Waals surface area contributed by atoms with Gasteiger partial charge in [0.05, 0.1) is 29.1 Å². The number of aromatic nitrogens is 1. The second-order valence-corrected chi connectivity index (χ2v) is 4.33. The van der Waals surface area contributed by atoms with Crippen LogP contribution in [-0.2, 0) is 4.74 Å². The van der Waals surface area contributed by atoms with E-state index in [-0.39, 0.29) is 33.3 Å². The Morgan fingerprint density at radius 1 is 1.35 bits per heavy atom. The van der Waals surface area contributed by atoms with Crippen LogP contribution in [0.1, 0.15) is 10.5 Å². The lowest BCUT2D eigenvalue weighted by Gasteiger charge is -2.10. The van der Waals surface area contributed by atoms with Gasteiger partial charge in [-0.2, -0.15) is 0 Å². The predicted molar refractivity (Wildman–Crippen MR) is 74.8 cm³/mol. The number of hydrogen-bond donors (Lipinski definition) is 2. The van der Waals surface area contributed by atoms with Crippen LogP contribution in [0, 0.1) is 5.82 Å². The average Bonchev–Trinajstić information content (AvgIpc) is 2.41. The van der Waals surface area contributed by atoms with Gasteiger partial charge in [-0.3, -0.25) is 0 Å². The number of pyridine rings is 1. The Labute approximate surface area is 119 Å². The van der Waals surface area contributed by atoms with E-state index in [1.807, 2.05) is 0 Å². The minimum atomic E-state index is -0.765. The van der Waals surface area contributed by atoms with Gasteiger partial charge < -0.3 is 16.2 Å². The number of carbonyl (C=O) groups is 1. The number of rotatable bonds is 2. The molecule has 0 aliphatic rings. The molecule has 104 valence electrons. The van der Waals surface area contributed by atoms with Gasteiger partial charge in [-0.05, 0) is 18.2 Å². The summed E-state index contributed by atoms with van der Waals surface area (Å²) in [5, 5.41) is -0.0458. The molecule has 0 unspecified atom stereocenters. The second kappa shape index (κ2) is 5.34. The fourth-order valence-corrected chi connectivity index (χ4v) is 1.89. The third-order valence-corrected chi connectivity index (χ3v) is 3.06. The number of halogens is 2. The van der Waals surface area contributed by atoms with E-state index in [0.29, 0.717) is 0 Å². The van der Waals surface area contributed by atoms with Gasteiger partial charge in [0.25, 0.3) is 0 Å². The van der Waals surface area contributed by atoms with Gasteiger partial charge >= 0.3 is 5.97 Å². The van der Waals surface area contributed by atoms with E-state index in [9.17, 15) is 9.18 Å². The number of anilines is 2. The van der Waals surface area contributed by atoms with Crippen molar-refractivity contribution in [3.63, 3.8) is 0 Å². The van der Waals surface area contributed by atoms with E-state index in [1.54, 1.807) is 0 Å². The van der Waals surface area contributed by atoms with Crippen molar-refractivity contribution < 1.29 is 13.9 Å². The lowest BCUT2D eigenvalue weighted by Crippen LogP contribution is -2.08. The topological polar surface area (TPSA) is 91.2 Å². The molecule has 0 fully saturated rings. The first kappa shape index (κ1) is 14.1. The van der Waals surface area contributed by atoms with E-state index in [0.717, 1.165) is 0 Å². The van der Waals surface area contributed by atoms with Crippen LogP contribution < -0.4 is 11.5 Å². The van der Waals surface area contributed by atoms with Crippen LogP contribution in [0.2, 0.25) is 5.02 Å². The highest BCUT2D eigenvalue weighted by Gasteiger charge is 2.19. The number of hydrogen-bond acceptors (Lipinski definition) is 5. The average molecular weight is 296 g/mol. The first-order chi connectivity index (χ1) is 9.45. The summed E-state index contributed by atoms with van der Waals surface area (Å²) in [6.45, 7) is 0. The van der Waals surface area contributed by atoms with Crippen molar-refractivity contribution in [3.05, 3.63) is 40.8 Å². The largest absolute Gasteiger partial charge is 0.464 e. The molecule has 0 aliphatic heterocycles. The van der Waals surface area contributed by atoms with Crippen LogP contribution in [0.15, 0.2) is 24.3 Å². The van der Waals surface area contributed by atoms with E-state index in [4.69, 9.17) is 23.1 Å². The van der Waals surface area contributed by atoms with Crippen molar-refractivity contribution in [2.24, 2.45) is 0 Å². The third kappa shape index (κ3) is 2.37. The summed E-state index contributed by atoms with van der Waals surface area (Å²) >= 11 is 5.89. The highest BCUT2D eigenvalue weighted by atomic mass is 35.5. The molecule has 0 saturated heterocycles. The molecule has 2 rings (SSSR count). The molecule has 0 radical (unpaired) electrons. The molecular weight excluding hydrogens is 285 g/mol. The normalized spacial score (nSPS) is 10.3. The Kier molecular flexibility index (Phi) is 3.76. The molecule has 0 bridgehead atoms. The second-order valence-electron chi connectivity index (χ2n) is 3.95. The summed E-state index contributed by atoms with van der Waals surface area (Å²) in [5.41, 5.74) is 11.7. The minimum Gasteiger partial charge on any atom is -0.464 e. The summed E-state index contributed by atoms with van der Waals surface area (Å²) in [6.07, 6.45) is 0. The number of ether oxygens (including phenoxy) is 1. The molecule has 1 heterocycles. The zero-order valence-corrected chi connectivity index (χ0v) is 11.2. The number of methoxy groups -OCH3 is 1. The standard InChI is InChI=1S/C13H11ClFN3O2/c1-20-13(19)12-11(14)8(17)5-9(18-12)10-6(15)3-2-4-7(10)16/h2-5H,16H2,1H3,(H2,17,18). The molecule has 0 amide bonds. The predicted octanol–water partition coefficient (Wildman–Crippen LogP) is 2.49. The van der Waals surface area contributed by atoms with Gasteiger partial charge in [-0.1, -0.05) is 17.7 Å². The van der Waals surface area contributed by atoms with E-state index in [2.05, 4.69) is 9.72 Å². The SMILES string of the molecule is COC(=O)c1nc(-c2c(N)cccc2F)cc(N)c1Cl. The zero-order valence-electron chi connectivity index (χ0n) is 10.5. The van der Waals surface area contributed by atoms with Crippen LogP contribution >= 0.6 is 11.6 Å². The quantitative estimate of drug-likeness (QED) is 0.656. The number of nitrogen functional groups attached to an aromatic ring is 2. The van der Waals surface area contributed by atoms with Crippen molar-refractivity contribution in [3.8, 4) is 11.3 Å². The first-order valence-electron chi connectivity index (χ1n) is 5.54. The molecule has 4 N–H and O–H groups in total. The number of benzene rings is 1. The fourth-order valence-electron chi connectivity index (χ4n) is 1.72. The van der Waals surface area contributed by atoms with Crippen LogP contribution in [0.5, 0.6) is 0 Å². The monoisotopic (exact) mass is 295 g/mol. The molecule has 0 saturated carbocycles. The Morgan fingerprint density at radius 3 is 2.65 bits per heavy atom. The number of nitrogens with zero attached hydrogens (tertiary/aromatic N) is 1. The van der Waals surface area contributed by atoms with E-state index in [1.165, 1.54) is 31.4 Å². The highest BCUT2D eigenvalue weighted by molar-refractivity contribution is 6.35. The Bertz CT molecular complexity index is 671. The zero-order chi connectivity index (χ0) is 14.9. The smallest absolute Gasteiger partial charge is 0.358 e. The lowest BCUT2D eigenvalue weighted by molar-refractivity contribution is 0.0594. The number of carbonyl (C=O) groups excluding carboxylic acids is 1. The van der Waals surface area contributed by atoms with Gasteiger partial charge in [-0.15, -0.1) is 0 Å². The van der Waals surface area contributed by atoms with E-state index >= 15 is 0 Å². The molecule has 0 spiro atoms. The van der Waals surface area contributed by atoms with Crippen LogP contribution in [0.25, 0.3) is 11.3 Å². The van der Waals surface area contributed by atoms with Crippen molar-refractivity contribution in [1.29, 1.82) is 0 Å². The number of esters is 1. The molecule has 0 aliphatic carbocycles. The summed E-state index contributed by atoms with van der Waals surface area (Å²) in [7, 11) is 1.18. The Balaban J connectivity index is 2.70. The van der Waals surface area contributed by atoms with Crippen LogP contribution in [-0.4, -0.2) is 18.1 Å². The van der Waals surface area contributed by atoms with Crippen molar-refractivity contribution in [1.82, 2.24) is 4.98 Å². The Morgan fingerprint density at radius 2 is 2.05 bits per heavy atom. The third-order valence-electron chi connectivity index (χ3n) is 2.67. The summed E-state index contributed by atoms with van der Waals surface area (Å²) in [6, 6.07) is 5.57. The highest BCUT2D eigenvalue weighted by Crippen LogP contribution is 2.32. The molecule has 20 heavy (non-hydrogen) atoms. The number of nitrogens with two attached hydrogens (primary N) is 2. The summed E-state index contributed by atoms with van der Waals surface area (Å²) in [5.74, 6) is -1.34. The molecular formula is C13H11ClFN3O2. The van der Waals surface area contributed by atoms with E-state index < -0.39 is 11.8 Å². The minimum absolute atomic E-state index is 0.0458. The molecule has 0 atom stereocenters. The maximum atomic E-state index is 13.9. The first-order valence-corrected chi connectivity index (χ1v) is 5.92. The lowest BCUT2D eigenvalue weighted by atomic mass is 10.1. The van der Waals surface area contributed by atoms with Gasteiger partial charge in [-0.25, -0.2) is 14.2 Å². The molecule has 1 aromatic carbocycles. The fraction of sp³-hybridized carbons (Fsp3) is 0.0769. The molecule has 1 aromatic heterocycles. The van der Waals surface area contributed by atoms with Crippen LogP contribution in [0.3, 0.4) is 0 Å². The molecule has 2 aromatic rings. The van der Waals surface area contributed by atoms with Crippen molar-refractivity contribution in [2.75, 3.05) is 18.6 Å². The van der Waals surface area contributed by atoms with Crippen LogP contribution in [0.4, 0.5) is 15.8 Å². The van der Waals surface area contributed by atoms with Gasteiger partial charge in [0.2, 0.25) is 0 Å². The summed E-state index contributed by atoms with van der Waals surface area (Å²) < 4.78 is 18.4. The van der Waals surface area contributed by atoms with Gasteiger partial charge in [0, 0.05) is 5.69 Å². The van der Waals surface area contributed by atoms with Gasteiger partial charge in [0.15, 0.2) is 5.69 Å². The maximum absolute atomic E-state index is 13.9. The van der Waals surface area contributed by atoms with Gasteiger partial charge in [0.1, 0.15) is 5.82 Å².